The molecule has 0 saturated carbocycles. The van der Waals surface area contributed by atoms with Crippen molar-refractivity contribution in [3.8, 4) is 11.1 Å². The van der Waals surface area contributed by atoms with Gasteiger partial charge >= 0.3 is 263 Å². The fourth-order valence-electron chi connectivity index (χ4n) is 6.51. The summed E-state index contributed by atoms with van der Waals surface area (Å²) in [7, 11) is 0. The summed E-state index contributed by atoms with van der Waals surface area (Å²) < 4.78 is 31.6. The van der Waals surface area contributed by atoms with Crippen LogP contribution >= 0.6 is 0 Å². The van der Waals surface area contributed by atoms with Gasteiger partial charge in [0.05, 0.1) is 0 Å². The standard InChI is InChI=1S/C17H13.C13H8F2.C10H15.2ClH.Zr/c1-3-12-5-7-14-11-15-8-6-13(4-2)10-17(15)16(14)9-12;14-12-5-1-10(2-6-12)9-11-3-7-13(15)8-4-11;1-8-5-6-9(7-8)10(2,3)4;;;/h3-11H,1-2H2;1-8H;6-8H,1-4H3;2*1H;/q;;;;;+2/p-2. The van der Waals surface area contributed by atoms with E-state index in [2.05, 4.69) is 89.4 Å². The molecule has 0 nitrogen and oxygen atoms in total. The molecule has 0 aliphatic heterocycles. The minimum atomic E-state index is -3.07. The van der Waals surface area contributed by atoms with E-state index in [0.29, 0.717) is 0 Å². The molecule has 0 aromatic heterocycles. The van der Waals surface area contributed by atoms with Crippen LogP contribution < -0.4 is 24.8 Å². The Morgan fingerprint density at radius 3 is 1.53 bits per heavy atom. The molecular weight excluding hydrogens is 681 g/mol. The van der Waals surface area contributed by atoms with E-state index in [9.17, 15) is 8.78 Å². The second kappa shape index (κ2) is 13.8. The molecule has 0 fully saturated rings. The first kappa shape index (κ1) is 34.9. The fraction of sp³-hybridized carbons (Fsp3) is 0.175. The number of benzene rings is 4. The van der Waals surface area contributed by atoms with Gasteiger partial charge in [0.15, 0.2) is 0 Å². The summed E-state index contributed by atoms with van der Waals surface area (Å²) in [4.78, 5) is 0. The summed E-state index contributed by atoms with van der Waals surface area (Å²) in [5.41, 5.74) is 10.7. The van der Waals surface area contributed by atoms with Crippen molar-refractivity contribution in [1.82, 2.24) is 0 Å². The summed E-state index contributed by atoms with van der Waals surface area (Å²) in [5, 5.41) is 0. The van der Waals surface area contributed by atoms with E-state index in [4.69, 9.17) is 0 Å². The summed E-state index contributed by atoms with van der Waals surface area (Å²) in [6.45, 7) is 17.2. The Bertz CT molecular complexity index is 1750. The molecule has 45 heavy (non-hydrogen) atoms. The van der Waals surface area contributed by atoms with Crippen LogP contribution in [0.4, 0.5) is 8.78 Å². The molecule has 6 rings (SSSR count). The van der Waals surface area contributed by atoms with Gasteiger partial charge in [0.25, 0.3) is 0 Å². The van der Waals surface area contributed by atoms with Crippen molar-refractivity contribution in [3.05, 3.63) is 164 Å². The van der Waals surface area contributed by atoms with Gasteiger partial charge in [-0.15, -0.1) is 0 Å². The van der Waals surface area contributed by atoms with Crippen molar-refractivity contribution in [1.29, 1.82) is 0 Å². The van der Waals surface area contributed by atoms with Crippen molar-refractivity contribution in [2.45, 2.75) is 31.3 Å². The van der Waals surface area contributed by atoms with Gasteiger partial charge in [0.2, 0.25) is 0 Å². The second-order valence-electron chi connectivity index (χ2n) is 12.6. The number of fused-ring (bicyclic) bond motifs is 3. The molecule has 4 aromatic carbocycles. The molecule has 4 aromatic rings. The number of hydrogen-bond acceptors (Lipinski definition) is 0. The third kappa shape index (κ3) is 6.64. The first-order valence-electron chi connectivity index (χ1n) is 14.8. The van der Waals surface area contributed by atoms with Crippen LogP contribution in [-0.2, 0) is 21.3 Å². The summed E-state index contributed by atoms with van der Waals surface area (Å²) in [6.07, 6.45) is 8.71. The van der Waals surface area contributed by atoms with Crippen molar-refractivity contribution in [3.63, 3.8) is 0 Å². The van der Waals surface area contributed by atoms with E-state index in [-0.39, 0.29) is 51.4 Å². The molecule has 1 atom stereocenters. The molecule has 0 saturated heterocycles. The van der Waals surface area contributed by atoms with Gasteiger partial charge in [-0.25, -0.2) is 0 Å². The van der Waals surface area contributed by atoms with Crippen LogP contribution in [0.25, 0.3) is 23.3 Å². The summed E-state index contributed by atoms with van der Waals surface area (Å²) in [5.74, 6) is -0.252. The van der Waals surface area contributed by atoms with Crippen molar-refractivity contribution < 1.29 is 54.9 Å². The zero-order chi connectivity index (χ0) is 30.5. The Kier molecular flexibility index (Phi) is 10.7. The third-order valence-electron chi connectivity index (χ3n) is 8.77. The fourth-order valence-corrected chi connectivity index (χ4v) is 16.0. The molecule has 0 radical (unpaired) electrons. The largest absolute Gasteiger partial charge is 1.00 e. The molecule has 2 aliphatic rings. The van der Waals surface area contributed by atoms with Crippen LogP contribution in [0.5, 0.6) is 0 Å². The Labute approximate surface area is 286 Å². The predicted molar refractivity (Wildman–Crippen MR) is 175 cm³/mol. The van der Waals surface area contributed by atoms with E-state index in [1.807, 2.05) is 36.4 Å². The van der Waals surface area contributed by atoms with Crippen molar-refractivity contribution >= 4 is 15.4 Å². The molecule has 2 aliphatic carbocycles. The number of hydrogen-bond donors (Lipinski definition) is 0. The average Bonchev–Trinajstić information content (AvgIpc) is 3.54. The van der Waals surface area contributed by atoms with Crippen molar-refractivity contribution in [2.24, 2.45) is 11.3 Å². The predicted octanol–water partition coefficient (Wildman–Crippen LogP) is 4.72. The number of rotatable bonds is 6. The van der Waals surface area contributed by atoms with Crippen LogP contribution in [0.3, 0.4) is 0 Å². The van der Waals surface area contributed by atoms with E-state index in [1.54, 1.807) is 24.3 Å². The van der Waals surface area contributed by atoms with E-state index in [1.165, 1.54) is 34.3 Å². The Morgan fingerprint density at radius 2 is 1.16 bits per heavy atom. The van der Waals surface area contributed by atoms with Crippen LogP contribution in [0, 0.1) is 23.0 Å². The Balaban J connectivity index is 0.00000230. The minimum absolute atomic E-state index is 0. The number of allylic oxidation sites excluding steroid dienone is 4. The topological polar surface area (TPSA) is 0 Å². The Hall–Kier alpha value is -2.97. The van der Waals surface area contributed by atoms with E-state index < -0.39 is 21.3 Å². The monoisotopic (exact) mass is 714 g/mol. The van der Waals surface area contributed by atoms with Gasteiger partial charge in [0, 0.05) is 0 Å². The van der Waals surface area contributed by atoms with E-state index >= 15 is 0 Å². The summed E-state index contributed by atoms with van der Waals surface area (Å²) in [6, 6.07) is 27.3. The zero-order valence-corrected chi connectivity index (χ0v) is 29.9. The second-order valence-corrected chi connectivity index (χ2v) is 18.7. The minimum Gasteiger partial charge on any atom is -1.00 e. The smallest absolute Gasteiger partial charge is 1.00 e. The normalized spacial score (nSPS) is 14.9. The van der Waals surface area contributed by atoms with Gasteiger partial charge in [0.1, 0.15) is 0 Å². The molecular formula is C40H36Cl2F2Zr. The SMILES string of the molecule is C=Cc1ccc2c(c1)-c1cc(C=C)ccc1[CH]2[Zr+2]([C]1=CC(C(C)(C)C)=CC1C)=[C](c1ccc(F)cc1)c1ccc(F)cc1.[Cl-].[Cl-]. The van der Waals surface area contributed by atoms with Crippen molar-refractivity contribution in [2.75, 3.05) is 0 Å². The molecule has 0 spiro atoms. The molecule has 0 heterocycles. The van der Waals surface area contributed by atoms with Gasteiger partial charge in [-0.05, 0) is 0 Å². The summed E-state index contributed by atoms with van der Waals surface area (Å²) >= 11 is -3.07. The molecule has 5 heteroatoms. The molecule has 228 valence electrons. The molecule has 0 amide bonds. The average molecular weight is 717 g/mol. The van der Waals surface area contributed by atoms with Gasteiger partial charge < -0.3 is 24.8 Å². The maximum Gasteiger partial charge on any atom is -1.00 e. The van der Waals surface area contributed by atoms with Crippen LogP contribution in [0.15, 0.2) is 119 Å². The van der Waals surface area contributed by atoms with E-state index in [0.717, 1.165) is 22.3 Å². The third-order valence-corrected chi connectivity index (χ3v) is 17.5. The molecule has 1 unspecified atom stereocenters. The zero-order valence-electron chi connectivity index (χ0n) is 26.0. The first-order chi connectivity index (χ1) is 20.6. The maximum absolute atomic E-state index is 14.3. The Morgan fingerprint density at radius 1 is 0.711 bits per heavy atom. The quantitative estimate of drug-likeness (QED) is 0.271. The van der Waals surface area contributed by atoms with Crippen LogP contribution in [-0.4, -0.2) is 3.21 Å². The van der Waals surface area contributed by atoms with Crippen LogP contribution in [0.2, 0.25) is 0 Å². The molecule has 0 bridgehead atoms. The maximum atomic E-state index is 14.3. The van der Waals surface area contributed by atoms with Crippen LogP contribution in [0.1, 0.15) is 64.7 Å². The first-order valence-corrected chi connectivity index (χ1v) is 18.7. The van der Waals surface area contributed by atoms with Gasteiger partial charge in [-0.1, -0.05) is 0 Å². The van der Waals surface area contributed by atoms with Gasteiger partial charge in [-0.2, -0.15) is 0 Å². The molecule has 0 N–H and O–H groups in total. The van der Waals surface area contributed by atoms with Gasteiger partial charge in [-0.3, -0.25) is 0 Å². The number of halogens is 4.